The van der Waals surface area contributed by atoms with E-state index in [-0.39, 0.29) is 10.6 Å². The zero-order chi connectivity index (χ0) is 15.6. The van der Waals surface area contributed by atoms with Gasteiger partial charge in [-0.3, -0.25) is 0 Å². The summed E-state index contributed by atoms with van der Waals surface area (Å²) in [5, 5.41) is 9.93. The third-order valence-electron chi connectivity index (χ3n) is 3.02. The van der Waals surface area contributed by atoms with Gasteiger partial charge in [-0.2, -0.15) is 0 Å². The lowest BCUT2D eigenvalue weighted by Gasteiger charge is -2.15. The molecule has 0 aromatic heterocycles. The minimum absolute atomic E-state index is 0.216. The van der Waals surface area contributed by atoms with Crippen LogP contribution in [-0.2, 0) is 0 Å². The van der Waals surface area contributed by atoms with Crippen molar-refractivity contribution in [3.05, 3.63) is 58.1 Å². The largest absolute Gasteiger partial charge is 0.497 e. The SMILES string of the molecule is COc1cc(OC)cc(C(O)c2cc(F)c(Cl)cc2F)c1. The van der Waals surface area contributed by atoms with E-state index in [4.69, 9.17) is 21.1 Å². The molecule has 0 heterocycles. The number of aliphatic hydroxyl groups excluding tert-OH is 1. The van der Waals surface area contributed by atoms with Crippen LogP contribution in [0.1, 0.15) is 17.2 Å². The molecule has 1 N–H and O–H groups in total. The number of hydrogen-bond acceptors (Lipinski definition) is 3. The molecule has 2 rings (SSSR count). The van der Waals surface area contributed by atoms with Gasteiger partial charge in [-0.25, -0.2) is 8.78 Å². The Labute approximate surface area is 125 Å². The molecule has 0 saturated heterocycles. The monoisotopic (exact) mass is 314 g/mol. The van der Waals surface area contributed by atoms with Crippen molar-refractivity contribution in [3.8, 4) is 11.5 Å². The summed E-state index contributed by atoms with van der Waals surface area (Å²) in [5.74, 6) is -0.742. The van der Waals surface area contributed by atoms with Gasteiger partial charge >= 0.3 is 0 Å². The second-order valence-corrected chi connectivity index (χ2v) is 4.74. The molecule has 21 heavy (non-hydrogen) atoms. The number of rotatable bonds is 4. The molecule has 3 nitrogen and oxygen atoms in total. The van der Waals surface area contributed by atoms with E-state index in [1.54, 1.807) is 6.07 Å². The minimum atomic E-state index is -1.37. The first kappa shape index (κ1) is 15.5. The van der Waals surface area contributed by atoms with Crippen molar-refractivity contribution >= 4 is 11.6 Å². The summed E-state index contributed by atoms with van der Waals surface area (Å²) in [5.41, 5.74) is 0.0963. The third-order valence-corrected chi connectivity index (χ3v) is 3.31. The van der Waals surface area contributed by atoms with Crippen LogP contribution in [0.25, 0.3) is 0 Å². The standard InChI is InChI=1S/C15H13ClF2O3/c1-20-9-3-8(4-10(5-9)21-2)15(19)11-6-14(18)12(16)7-13(11)17/h3-7,15,19H,1-2H3. The summed E-state index contributed by atoms with van der Waals surface area (Å²) < 4.78 is 37.5. The molecule has 0 spiro atoms. The van der Waals surface area contributed by atoms with Crippen molar-refractivity contribution in [1.29, 1.82) is 0 Å². The van der Waals surface area contributed by atoms with E-state index >= 15 is 0 Å². The first-order valence-electron chi connectivity index (χ1n) is 6.01. The van der Waals surface area contributed by atoms with E-state index in [1.165, 1.54) is 26.4 Å². The van der Waals surface area contributed by atoms with Crippen LogP contribution < -0.4 is 9.47 Å². The summed E-state index contributed by atoms with van der Waals surface area (Å²) in [4.78, 5) is 0. The molecule has 6 heteroatoms. The van der Waals surface area contributed by atoms with Crippen molar-refractivity contribution in [2.75, 3.05) is 14.2 Å². The molecule has 1 atom stereocenters. The molecule has 0 fully saturated rings. The van der Waals surface area contributed by atoms with Crippen LogP contribution in [0.4, 0.5) is 8.78 Å². The Morgan fingerprint density at radius 2 is 1.52 bits per heavy atom. The molecule has 0 radical (unpaired) electrons. The van der Waals surface area contributed by atoms with Crippen molar-refractivity contribution in [3.63, 3.8) is 0 Å². The summed E-state index contributed by atoms with van der Waals surface area (Å²) in [6, 6.07) is 6.33. The first-order valence-corrected chi connectivity index (χ1v) is 6.39. The Kier molecular flexibility index (Phi) is 4.65. The quantitative estimate of drug-likeness (QED) is 0.874. The van der Waals surface area contributed by atoms with Gasteiger partial charge in [-0.05, 0) is 29.8 Å². The highest BCUT2D eigenvalue weighted by molar-refractivity contribution is 6.30. The molecule has 0 bridgehead atoms. The maximum atomic E-state index is 13.9. The van der Waals surface area contributed by atoms with E-state index in [0.717, 1.165) is 12.1 Å². The predicted octanol–water partition coefficient (Wildman–Crippen LogP) is 3.72. The Morgan fingerprint density at radius 3 is 2.05 bits per heavy atom. The van der Waals surface area contributed by atoms with Crippen LogP contribution in [0.5, 0.6) is 11.5 Å². The highest BCUT2D eigenvalue weighted by Crippen LogP contribution is 2.32. The molecule has 0 aliphatic rings. The van der Waals surface area contributed by atoms with Crippen molar-refractivity contribution < 1.29 is 23.4 Å². The zero-order valence-electron chi connectivity index (χ0n) is 11.4. The smallest absolute Gasteiger partial charge is 0.142 e. The van der Waals surface area contributed by atoms with Crippen LogP contribution in [0, 0.1) is 11.6 Å². The molecule has 0 aliphatic carbocycles. The maximum Gasteiger partial charge on any atom is 0.142 e. The van der Waals surface area contributed by atoms with Gasteiger partial charge in [0.05, 0.1) is 19.2 Å². The Hall–Kier alpha value is -1.85. The molecular weight excluding hydrogens is 302 g/mol. The molecule has 112 valence electrons. The second-order valence-electron chi connectivity index (χ2n) is 4.34. The first-order chi connectivity index (χ1) is 9.96. The van der Waals surface area contributed by atoms with E-state index in [1.807, 2.05) is 0 Å². The normalized spacial score (nSPS) is 12.1. The summed E-state index contributed by atoms with van der Waals surface area (Å²) in [6.07, 6.45) is -1.37. The number of aliphatic hydroxyl groups is 1. The summed E-state index contributed by atoms with van der Waals surface area (Å²) in [6.45, 7) is 0. The summed E-state index contributed by atoms with van der Waals surface area (Å²) in [7, 11) is 2.90. The Balaban J connectivity index is 2.49. The van der Waals surface area contributed by atoms with Gasteiger partial charge in [0.2, 0.25) is 0 Å². The van der Waals surface area contributed by atoms with Crippen LogP contribution in [0.15, 0.2) is 30.3 Å². The lowest BCUT2D eigenvalue weighted by Crippen LogP contribution is -2.04. The summed E-state index contributed by atoms with van der Waals surface area (Å²) >= 11 is 5.50. The van der Waals surface area contributed by atoms with Crippen LogP contribution in [0.2, 0.25) is 5.02 Å². The van der Waals surface area contributed by atoms with Gasteiger partial charge in [-0.15, -0.1) is 0 Å². The fourth-order valence-electron chi connectivity index (χ4n) is 1.91. The van der Waals surface area contributed by atoms with E-state index in [0.29, 0.717) is 17.1 Å². The highest BCUT2D eigenvalue weighted by Gasteiger charge is 2.19. The maximum absolute atomic E-state index is 13.9. The van der Waals surface area contributed by atoms with Crippen LogP contribution in [-0.4, -0.2) is 19.3 Å². The Bertz CT molecular complexity index is 639. The number of ether oxygens (including phenoxy) is 2. The number of methoxy groups -OCH3 is 2. The number of halogens is 3. The topological polar surface area (TPSA) is 38.7 Å². The average molecular weight is 315 g/mol. The fourth-order valence-corrected chi connectivity index (χ4v) is 2.06. The highest BCUT2D eigenvalue weighted by atomic mass is 35.5. The van der Waals surface area contributed by atoms with Gasteiger partial charge in [0.15, 0.2) is 0 Å². The molecule has 0 amide bonds. The molecular formula is C15H13ClF2O3. The molecule has 1 unspecified atom stereocenters. The number of benzene rings is 2. The molecule has 2 aromatic rings. The van der Waals surface area contributed by atoms with Crippen molar-refractivity contribution in [2.45, 2.75) is 6.10 Å². The molecule has 0 saturated carbocycles. The van der Waals surface area contributed by atoms with E-state index < -0.39 is 17.7 Å². The molecule has 0 aliphatic heterocycles. The van der Waals surface area contributed by atoms with Gasteiger partial charge < -0.3 is 14.6 Å². The van der Waals surface area contributed by atoms with Crippen molar-refractivity contribution in [1.82, 2.24) is 0 Å². The van der Waals surface area contributed by atoms with E-state index in [2.05, 4.69) is 0 Å². The fraction of sp³-hybridized carbons (Fsp3) is 0.200. The lowest BCUT2D eigenvalue weighted by atomic mass is 10.0. The van der Waals surface area contributed by atoms with Crippen LogP contribution in [0.3, 0.4) is 0 Å². The zero-order valence-corrected chi connectivity index (χ0v) is 12.1. The average Bonchev–Trinajstić information content (AvgIpc) is 2.49. The third kappa shape index (κ3) is 3.25. The number of hydrogen-bond donors (Lipinski definition) is 1. The van der Waals surface area contributed by atoms with Gasteiger partial charge in [0.25, 0.3) is 0 Å². The van der Waals surface area contributed by atoms with Crippen LogP contribution >= 0.6 is 11.6 Å². The predicted molar refractivity (Wildman–Crippen MR) is 75.0 cm³/mol. The van der Waals surface area contributed by atoms with Gasteiger partial charge in [0, 0.05) is 11.6 Å². The second kappa shape index (κ2) is 6.28. The van der Waals surface area contributed by atoms with Gasteiger partial charge in [-0.1, -0.05) is 11.6 Å². The Morgan fingerprint density at radius 1 is 0.952 bits per heavy atom. The molecule has 2 aromatic carbocycles. The van der Waals surface area contributed by atoms with E-state index in [9.17, 15) is 13.9 Å². The van der Waals surface area contributed by atoms with Crippen molar-refractivity contribution in [2.24, 2.45) is 0 Å². The minimum Gasteiger partial charge on any atom is -0.497 e. The lowest BCUT2D eigenvalue weighted by molar-refractivity contribution is 0.213. The van der Waals surface area contributed by atoms with Gasteiger partial charge in [0.1, 0.15) is 29.2 Å².